The Morgan fingerprint density at radius 3 is 2.33 bits per heavy atom. The second kappa shape index (κ2) is 6.31. The third-order valence-electron chi connectivity index (χ3n) is 2.24. The Kier molecular flexibility index (Phi) is 5.37. The Morgan fingerprint density at radius 2 is 1.87 bits per heavy atom. The summed E-state index contributed by atoms with van der Waals surface area (Å²) in [6, 6.07) is 7.86. The first-order valence-electron chi connectivity index (χ1n) is 5.14. The average Bonchev–Trinajstić information content (AvgIpc) is 2.27. The summed E-state index contributed by atoms with van der Waals surface area (Å²) in [7, 11) is -0.00467. The predicted octanol–water partition coefficient (Wildman–Crippen LogP) is 4.23. The van der Waals surface area contributed by atoms with Crippen molar-refractivity contribution in [3.8, 4) is 0 Å². The zero-order chi connectivity index (χ0) is 11.3. The molecule has 0 spiro atoms. The molecule has 1 nitrogen and oxygen atoms in total. The number of aliphatic hydroxyl groups excluding tert-OH is 1. The first kappa shape index (κ1) is 12.8. The molecule has 3 heteroatoms. The van der Waals surface area contributed by atoms with Crippen LogP contribution < -0.4 is 0 Å². The van der Waals surface area contributed by atoms with Crippen LogP contribution in [0.15, 0.2) is 24.3 Å². The predicted molar refractivity (Wildman–Crippen MR) is 71.2 cm³/mol. The van der Waals surface area contributed by atoms with E-state index in [1.54, 1.807) is 0 Å². The Morgan fingerprint density at radius 1 is 1.27 bits per heavy atom. The van der Waals surface area contributed by atoms with E-state index in [9.17, 15) is 5.11 Å². The topological polar surface area (TPSA) is 20.2 Å². The zero-order valence-corrected chi connectivity index (χ0v) is 10.7. The molecule has 0 saturated heterocycles. The summed E-state index contributed by atoms with van der Waals surface area (Å²) in [4.78, 5) is 0. The van der Waals surface area contributed by atoms with Gasteiger partial charge < -0.3 is 5.11 Å². The smallest absolute Gasteiger partial charge is 0.0723 e. The van der Waals surface area contributed by atoms with Gasteiger partial charge in [0, 0.05) is 10.8 Å². The van der Waals surface area contributed by atoms with E-state index in [2.05, 4.69) is 6.92 Å². The second-order valence-electron chi connectivity index (χ2n) is 3.30. The maximum absolute atomic E-state index is 9.74. The largest absolute Gasteiger partial charge is 0.359 e. The number of halogens is 1. The van der Waals surface area contributed by atoms with Crippen LogP contribution in [-0.2, 0) is 5.75 Å². The molecule has 0 radical (unpaired) electrons. The van der Waals surface area contributed by atoms with Crippen LogP contribution in [0.5, 0.6) is 0 Å². The molecule has 0 heterocycles. The van der Waals surface area contributed by atoms with Crippen LogP contribution in [0.4, 0.5) is 0 Å². The molecule has 1 atom stereocenters. The molecule has 0 aliphatic carbocycles. The van der Waals surface area contributed by atoms with E-state index in [4.69, 9.17) is 11.6 Å². The lowest BCUT2D eigenvalue weighted by Gasteiger charge is -2.09. The summed E-state index contributed by atoms with van der Waals surface area (Å²) in [6.07, 6.45) is 0.755. The fourth-order valence-electron chi connectivity index (χ4n) is 1.34. The van der Waals surface area contributed by atoms with E-state index < -0.39 is 0 Å². The van der Waals surface area contributed by atoms with Crippen LogP contribution in [0, 0.1) is 0 Å². The lowest BCUT2D eigenvalue weighted by atomic mass is 10.2. The number of rotatable bonds is 4. The van der Waals surface area contributed by atoms with E-state index in [0.717, 1.165) is 22.9 Å². The van der Waals surface area contributed by atoms with Crippen LogP contribution in [0.25, 0.3) is 0 Å². The molecule has 15 heavy (non-hydrogen) atoms. The highest BCUT2D eigenvalue weighted by atomic mass is 35.5. The van der Waals surface area contributed by atoms with Crippen LogP contribution in [0.3, 0.4) is 0 Å². The van der Waals surface area contributed by atoms with Gasteiger partial charge in [-0.2, -0.15) is 10.5 Å². The monoisotopic (exact) mass is 244 g/mol. The van der Waals surface area contributed by atoms with Gasteiger partial charge in [0.15, 0.2) is 0 Å². The lowest BCUT2D eigenvalue weighted by Crippen LogP contribution is -1.98. The molecule has 0 saturated carbocycles. The second-order valence-corrected chi connectivity index (χ2v) is 6.06. The summed E-state index contributed by atoms with van der Waals surface area (Å²) < 4.78 is 0. The third-order valence-corrected chi connectivity index (χ3v) is 4.82. The van der Waals surface area contributed by atoms with Gasteiger partial charge in [-0.05, 0) is 29.9 Å². The molecule has 0 fully saturated rings. The fraction of sp³-hybridized carbons (Fsp3) is 0.417. The Bertz CT molecular complexity index is 343. The van der Waals surface area contributed by atoms with Crippen molar-refractivity contribution in [2.45, 2.75) is 26.0 Å². The van der Waals surface area contributed by atoms with Crippen molar-refractivity contribution in [3.05, 3.63) is 34.9 Å². The Balaban J connectivity index is 2.80. The SMILES string of the molecule is CCC(O)=S(CC)Cc1ccc(Cl)cc1. The van der Waals surface area contributed by atoms with Crippen molar-refractivity contribution in [1.29, 1.82) is 0 Å². The quantitative estimate of drug-likeness (QED) is 0.786. The van der Waals surface area contributed by atoms with Gasteiger partial charge in [-0.3, -0.25) is 0 Å². The van der Waals surface area contributed by atoms with Crippen molar-refractivity contribution in [2.75, 3.05) is 5.75 Å². The molecule has 1 aromatic carbocycles. The number of benzene rings is 1. The lowest BCUT2D eigenvalue weighted by molar-refractivity contribution is 0.552. The van der Waals surface area contributed by atoms with Gasteiger partial charge in [0.1, 0.15) is 0 Å². The summed E-state index contributed by atoms with van der Waals surface area (Å²) >= 11 is 5.82. The standard InChI is InChI=1S/C12H17ClOS/c1-3-12(14)15(4-2)9-10-5-7-11(13)8-6-10/h5-8,14H,3-4,9H2,1-2H3. The van der Waals surface area contributed by atoms with Crippen LogP contribution in [-0.4, -0.2) is 15.9 Å². The third kappa shape index (κ3) is 3.98. The molecular formula is C12H17ClOS. The van der Waals surface area contributed by atoms with Gasteiger partial charge >= 0.3 is 0 Å². The fourth-order valence-corrected chi connectivity index (χ4v) is 3.17. The van der Waals surface area contributed by atoms with Crippen LogP contribution in [0.1, 0.15) is 25.8 Å². The first-order chi connectivity index (χ1) is 7.17. The minimum absolute atomic E-state index is 0.00467. The van der Waals surface area contributed by atoms with Crippen molar-refractivity contribution >= 4 is 27.1 Å². The van der Waals surface area contributed by atoms with E-state index in [1.165, 1.54) is 5.56 Å². The summed E-state index contributed by atoms with van der Waals surface area (Å²) in [5.74, 6) is 1.93. The molecule has 0 bridgehead atoms. The number of hydrogen-bond acceptors (Lipinski definition) is 0. The molecule has 1 aromatic rings. The molecule has 1 unspecified atom stereocenters. The van der Waals surface area contributed by atoms with Gasteiger partial charge in [0.05, 0.1) is 5.05 Å². The Hall–Kier alpha value is -0.310. The van der Waals surface area contributed by atoms with E-state index in [1.807, 2.05) is 31.2 Å². The highest BCUT2D eigenvalue weighted by molar-refractivity contribution is 8.15. The van der Waals surface area contributed by atoms with Gasteiger partial charge in [0.25, 0.3) is 0 Å². The molecule has 0 aliphatic rings. The van der Waals surface area contributed by atoms with E-state index in [0.29, 0.717) is 5.05 Å². The number of hydrogen-bond donors (Lipinski definition) is 1. The molecular weight excluding hydrogens is 228 g/mol. The summed E-state index contributed by atoms with van der Waals surface area (Å²) in [5, 5.41) is 11.1. The van der Waals surface area contributed by atoms with Crippen molar-refractivity contribution in [2.24, 2.45) is 0 Å². The highest BCUT2D eigenvalue weighted by Gasteiger charge is 2.01. The normalized spacial score (nSPS) is 13.7. The molecule has 0 aromatic heterocycles. The van der Waals surface area contributed by atoms with Crippen LogP contribution >= 0.6 is 22.1 Å². The minimum atomic E-state index is -0.00467. The van der Waals surface area contributed by atoms with Gasteiger partial charge in [-0.15, -0.1) is 0 Å². The first-order valence-corrected chi connectivity index (χ1v) is 7.08. The molecule has 1 rings (SSSR count). The van der Waals surface area contributed by atoms with E-state index in [-0.39, 0.29) is 10.5 Å². The minimum Gasteiger partial charge on any atom is -0.359 e. The average molecular weight is 245 g/mol. The Labute approximate surface area is 99.0 Å². The van der Waals surface area contributed by atoms with Crippen LogP contribution in [0.2, 0.25) is 5.02 Å². The van der Waals surface area contributed by atoms with Crippen molar-refractivity contribution < 1.29 is 5.11 Å². The maximum Gasteiger partial charge on any atom is 0.0723 e. The zero-order valence-electron chi connectivity index (χ0n) is 9.16. The van der Waals surface area contributed by atoms with Gasteiger partial charge in [0.2, 0.25) is 0 Å². The highest BCUT2D eigenvalue weighted by Crippen LogP contribution is 2.23. The molecule has 84 valence electrons. The number of aliphatic hydroxyl groups is 1. The van der Waals surface area contributed by atoms with E-state index >= 15 is 0 Å². The van der Waals surface area contributed by atoms with Crippen molar-refractivity contribution in [3.63, 3.8) is 0 Å². The maximum atomic E-state index is 9.74. The molecule has 0 amide bonds. The van der Waals surface area contributed by atoms with Crippen molar-refractivity contribution in [1.82, 2.24) is 0 Å². The summed E-state index contributed by atoms with van der Waals surface area (Å²) in [5.41, 5.74) is 1.24. The molecule has 0 aliphatic heterocycles. The van der Waals surface area contributed by atoms with Gasteiger partial charge in [-0.25, -0.2) is 0 Å². The van der Waals surface area contributed by atoms with Gasteiger partial charge in [-0.1, -0.05) is 37.6 Å². The summed E-state index contributed by atoms with van der Waals surface area (Å²) in [6.45, 7) is 4.11. The molecule has 1 N–H and O–H groups in total.